The molecule has 2 aromatic carbocycles. The van der Waals surface area contributed by atoms with Gasteiger partial charge in [0.25, 0.3) is 0 Å². The molecule has 2 aromatic heterocycles. The molecule has 1 aliphatic carbocycles. The molecule has 9 heteroatoms. The zero-order valence-electron chi connectivity index (χ0n) is 30.3. The molecule has 2 unspecified atom stereocenters. The van der Waals surface area contributed by atoms with Gasteiger partial charge in [-0.1, -0.05) is 39.1 Å². The van der Waals surface area contributed by atoms with Gasteiger partial charge in [-0.2, -0.15) is 15.1 Å². The first-order chi connectivity index (χ1) is 24.3. The van der Waals surface area contributed by atoms with E-state index in [0.29, 0.717) is 18.5 Å². The number of nitrogens with one attached hydrogen (secondary N) is 1. The van der Waals surface area contributed by atoms with Crippen LogP contribution in [-0.2, 0) is 4.79 Å². The lowest BCUT2D eigenvalue weighted by molar-refractivity contribution is -0.122. The molecule has 2 atom stereocenters. The van der Waals surface area contributed by atoms with E-state index < -0.39 is 0 Å². The summed E-state index contributed by atoms with van der Waals surface area (Å²) in [6, 6.07) is 6.79. The molecule has 0 amide bonds. The second-order valence-corrected chi connectivity index (χ2v) is 14.8. The van der Waals surface area contributed by atoms with Crippen molar-refractivity contribution in [1.29, 1.82) is 0 Å². The highest BCUT2D eigenvalue weighted by Crippen LogP contribution is 2.51. The Morgan fingerprint density at radius 2 is 1.82 bits per heavy atom. The third kappa shape index (κ3) is 6.29. The second-order valence-electron chi connectivity index (χ2n) is 14.8. The van der Waals surface area contributed by atoms with Crippen molar-refractivity contribution in [2.45, 2.75) is 78.7 Å². The van der Waals surface area contributed by atoms with Crippen LogP contribution in [-0.4, -0.2) is 76.3 Å². The monoisotopic (exact) mass is 676 g/mol. The number of nitrogens with zero attached hydrogens (tertiary/aromatic N) is 5. The minimum absolute atomic E-state index is 0.0621. The van der Waals surface area contributed by atoms with Crippen LogP contribution in [0.25, 0.3) is 39.0 Å². The van der Waals surface area contributed by atoms with E-state index in [4.69, 9.17) is 19.4 Å². The number of allylic oxidation sites excluding steroid dienone is 1. The van der Waals surface area contributed by atoms with Crippen molar-refractivity contribution in [3.63, 3.8) is 0 Å². The maximum absolute atomic E-state index is 12.5. The Kier molecular flexibility index (Phi) is 9.70. The molecular formula is C41H52N6O3. The highest BCUT2D eigenvalue weighted by molar-refractivity contribution is 6.07. The summed E-state index contributed by atoms with van der Waals surface area (Å²) in [6.45, 7) is 22.0. The van der Waals surface area contributed by atoms with Crippen molar-refractivity contribution >= 4 is 39.5 Å². The van der Waals surface area contributed by atoms with E-state index in [0.717, 1.165) is 133 Å². The molecule has 1 saturated carbocycles. The molecular weight excluding hydrogens is 624 g/mol. The predicted octanol–water partition coefficient (Wildman–Crippen LogP) is 8.16. The predicted molar refractivity (Wildman–Crippen MR) is 202 cm³/mol. The Balaban J connectivity index is 1.32. The summed E-state index contributed by atoms with van der Waals surface area (Å²) in [4.78, 5) is 27.8. The van der Waals surface area contributed by atoms with E-state index in [1.807, 2.05) is 19.2 Å². The van der Waals surface area contributed by atoms with Gasteiger partial charge < -0.3 is 19.3 Å². The summed E-state index contributed by atoms with van der Waals surface area (Å²) in [5.41, 5.74) is 6.09. The number of rotatable bonds is 10. The van der Waals surface area contributed by atoms with Gasteiger partial charge in [0.2, 0.25) is 0 Å². The Morgan fingerprint density at radius 1 is 1.04 bits per heavy atom. The van der Waals surface area contributed by atoms with Crippen LogP contribution in [0.15, 0.2) is 43.6 Å². The first-order valence-electron chi connectivity index (χ1n) is 18.6. The molecule has 50 heavy (non-hydrogen) atoms. The molecule has 3 aliphatic rings. The number of hydrogen-bond acceptors (Lipinski definition) is 8. The molecule has 4 aromatic rings. The van der Waals surface area contributed by atoms with Gasteiger partial charge >= 0.3 is 6.01 Å². The van der Waals surface area contributed by atoms with Crippen LogP contribution in [0.1, 0.15) is 76.8 Å². The molecule has 0 radical (unpaired) electrons. The lowest BCUT2D eigenvalue weighted by atomic mass is 9.61. The van der Waals surface area contributed by atoms with Crippen LogP contribution >= 0.6 is 0 Å². The normalized spacial score (nSPS) is 21.5. The van der Waals surface area contributed by atoms with Crippen LogP contribution in [0.5, 0.6) is 11.8 Å². The SMILES string of the molecule is C=CC(=O)C1CCC2(CCN(c3nc(OC4CCN(CC)CC4)nc4c(OCC)c(-c5c(C)ccc6[nH]ncc56)c(C=C)cc34)CC2)CC1C. The van der Waals surface area contributed by atoms with Crippen molar-refractivity contribution in [2.75, 3.05) is 44.2 Å². The van der Waals surface area contributed by atoms with Crippen LogP contribution in [0.2, 0.25) is 0 Å². The zero-order valence-corrected chi connectivity index (χ0v) is 30.3. The van der Waals surface area contributed by atoms with Gasteiger partial charge in [-0.3, -0.25) is 9.89 Å². The van der Waals surface area contributed by atoms with Crippen molar-refractivity contribution in [1.82, 2.24) is 25.1 Å². The van der Waals surface area contributed by atoms with Gasteiger partial charge in [0, 0.05) is 48.4 Å². The fraction of sp³-hybridized carbons (Fsp3) is 0.512. The Bertz CT molecular complexity index is 1900. The minimum Gasteiger partial charge on any atom is -0.491 e. The van der Waals surface area contributed by atoms with Crippen LogP contribution in [0.4, 0.5) is 5.82 Å². The number of aromatic amines is 1. The number of fused-ring (bicyclic) bond motifs is 2. The molecule has 9 nitrogen and oxygen atoms in total. The number of aromatic nitrogens is 4. The summed E-state index contributed by atoms with van der Waals surface area (Å²) in [5, 5.41) is 9.49. The number of piperidine rings is 2. The summed E-state index contributed by atoms with van der Waals surface area (Å²) in [6.07, 6.45) is 12.5. The number of likely N-dealkylation sites (tertiary alicyclic amines) is 1. The molecule has 264 valence electrons. The Morgan fingerprint density at radius 3 is 2.50 bits per heavy atom. The number of hydrogen-bond donors (Lipinski definition) is 1. The number of carbonyl (C=O) groups excluding carboxylic acids is 1. The van der Waals surface area contributed by atoms with Crippen molar-refractivity contribution < 1.29 is 14.3 Å². The van der Waals surface area contributed by atoms with Gasteiger partial charge in [-0.05, 0) is 112 Å². The summed E-state index contributed by atoms with van der Waals surface area (Å²) >= 11 is 0. The molecule has 4 heterocycles. The van der Waals surface area contributed by atoms with Crippen molar-refractivity contribution in [3.05, 3.63) is 54.8 Å². The smallest absolute Gasteiger partial charge is 0.319 e. The second kappa shape index (κ2) is 14.2. The first-order valence-corrected chi connectivity index (χ1v) is 18.6. The number of anilines is 1. The van der Waals surface area contributed by atoms with Crippen molar-refractivity contribution in [3.8, 4) is 22.9 Å². The third-order valence-electron chi connectivity index (χ3n) is 11.9. The number of carbonyl (C=O) groups is 1. The summed E-state index contributed by atoms with van der Waals surface area (Å²) < 4.78 is 13.3. The van der Waals surface area contributed by atoms with Gasteiger partial charge in [-0.25, -0.2) is 0 Å². The maximum atomic E-state index is 12.5. The Labute approximate surface area is 296 Å². The van der Waals surface area contributed by atoms with Crippen LogP contribution in [0.3, 0.4) is 0 Å². The number of H-pyrrole nitrogens is 1. The first kappa shape index (κ1) is 34.2. The highest BCUT2D eigenvalue weighted by atomic mass is 16.5. The minimum atomic E-state index is 0.0621. The largest absolute Gasteiger partial charge is 0.491 e. The molecule has 7 rings (SSSR count). The fourth-order valence-electron chi connectivity index (χ4n) is 9.06. The molecule has 2 aliphatic heterocycles. The van der Waals surface area contributed by atoms with E-state index in [9.17, 15) is 4.79 Å². The topological polar surface area (TPSA) is 96.5 Å². The highest BCUT2D eigenvalue weighted by Gasteiger charge is 2.43. The van der Waals surface area contributed by atoms with E-state index >= 15 is 0 Å². The average molecular weight is 677 g/mol. The van der Waals surface area contributed by atoms with Crippen molar-refractivity contribution in [2.24, 2.45) is 17.3 Å². The number of aryl methyl sites for hydroxylation is 1. The van der Waals surface area contributed by atoms with Crippen LogP contribution in [0, 0.1) is 24.2 Å². The van der Waals surface area contributed by atoms with Gasteiger partial charge in [-0.15, -0.1) is 0 Å². The molecule has 0 bridgehead atoms. The van der Waals surface area contributed by atoms with Gasteiger partial charge in [0.15, 0.2) is 11.5 Å². The van der Waals surface area contributed by atoms with E-state index in [-0.39, 0.29) is 23.2 Å². The maximum Gasteiger partial charge on any atom is 0.319 e. The standard InChI is InChI=1S/C41H52N6O3/c1-7-28-23-31-37(38(49-10-4)36(28)35-26(5)11-12-33-32(35)25-42-45-33)43-40(50-29-14-19-46(9-3)20-15-29)44-39(31)47-21-17-41(18-22-47)16-13-30(27(6)24-41)34(48)8-2/h7-8,11-12,23,25,27,29-30H,1-2,9-10,13-22,24H2,3-6H3,(H,42,45). The number of ketones is 1. The lowest BCUT2D eigenvalue weighted by Crippen LogP contribution is -2.45. The van der Waals surface area contributed by atoms with E-state index in [2.05, 4.69) is 72.1 Å². The van der Waals surface area contributed by atoms with Gasteiger partial charge in [0.05, 0.1) is 18.3 Å². The lowest BCUT2D eigenvalue weighted by Gasteiger charge is -2.48. The zero-order chi connectivity index (χ0) is 35.0. The molecule has 1 N–H and O–H groups in total. The van der Waals surface area contributed by atoms with Crippen LogP contribution < -0.4 is 14.4 Å². The molecule has 2 saturated heterocycles. The number of benzene rings is 2. The average Bonchev–Trinajstić information content (AvgIpc) is 3.61. The van der Waals surface area contributed by atoms with E-state index in [1.165, 1.54) is 6.08 Å². The summed E-state index contributed by atoms with van der Waals surface area (Å²) in [5.74, 6) is 2.28. The fourth-order valence-corrected chi connectivity index (χ4v) is 9.06. The molecule has 1 spiro atoms. The third-order valence-corrected chi connectivity index (χ3v) is 11.9. The van der Waals surface area contributed by atoms with E-state index in [1.54, 1.807) is 0 Å². The molecule has 3 fully saturated rings. The number of ether oxygens (including phenoxy) is 2. The van der Waals surface area contributed by atoms with Gasteiger partial charge in [0.1, 0.15) is 17.4 Å². The Hall–Kier alpha value is -4.24. The summed E-state index contributed by atoms with van der Waals surface area (Å²) in [7, 11) is 0. The quantitative estimate of drug-likeness (QED) is 0.168.